The fraction of sp³-hybridized carbons (Fsp3) is 0.388. The molecule has 4 atom stereocenters. The Balaban J connectivity index is 0.000000136. The van der Waals surface area contributed by atoms with E-state index in [2.05, 4.69) is 113 Å². The van der Waals surface area contributed by atoms with Gasteiger partial charge < -0.3 is 66.1 Å². The number of primary amides is 4. The maximum Gasteiger partial charge on any atom is 0.257 e. The van der Waals surface area contributed by atoms with Crippen molar-refractivity contribution in [1.29, 1.82) is 0 Å². The topological polar surface area (TPSA) is 337 Å². The molecule has 2 unspecified atom stereocenters. The van der Waals surface area contributed by atoms with Crippen molar-refractivity contribution in [1.82, 2.24) is 40.0 Å². The van der Waals surface area contributed by atoms with Crippen molar-refractivity contribution < 1.29 is 63.3 Å². The second-order valence-electron chi connectivity index (χ2n) is 27.2. The lowest BCUT2D eigenvalue weighted by Crippen LogP contribution is -2.38. The predicted octanol–water partition coefficient (Wildman–Crippen LogP) is 9.00. The zero-order valence-corrected chi connectivity index (χ0v) is 58.9. The number of aromatic nitrogens is 4. The molecule has 8 aliphatic heterocycles. The van der Waals surface area contributed by atoms with Gasteiger partial charge in [0.1, 0.15) is 32.7 Å². The summed E-state index contributed by atoms with van der Waals surface area (Å²) < 4.78 is 46.4. The number of benzene rings is 4. The quantitative estimate of drug-likeness (QED) is 0.0597. The first-order valence-corrected chi connectivity index (χ1v) is 36.1. The number of ether oxygens (including phenoxy) is 8. The third-order valence-electron chi connectivity index (χ3n) is 20.0. The summed E-state index contributed by atoms with van der Waals surface area (Å²) in [6, 6.07) is 47.3. The molecule has 4 aromatic carbocycles. The molecular formula is C80H94N12O13. The number of nitrogens with one attached hydrogen (secondary N) is 1. The van der Waals surface area contributed by atoms with Crippen LogP contribution in [0, 0.1) is 23.7 Å². The van der Waals surface area contributed by atoms with E-state index in [9.17, 15) is 24.0 Å². The molecule has 8 aliphatic rings. The Kier molecular flexibility index (Phi) is 25.8. The predicted molar refractivity (Wildman–Crippen MR) is 392 cm³/mol. The van der Waals surface area contributed by atoms with Crippen molar-refractivity contribution in [3.05, 3.63) is 215 Å². The van der Waals surface area contributed by atoms with Gasteiger partial charge in [0.05, 0.1) is 0 Å². The van der Waals surface area contributed by atoms with E-state index >= 15 is 0 Å². The highest BCUT2D eigenvalue weighted by Gasteiger charge is 2.30. The molecular weight excluding hydrogens is 1340 g/mol. The second kappa shape index (κ2) is 36.6. The van der Waals surface area contributed by atoms with Gasteiger partial charge in [0.2, 0.25) is 23.6 Å². The molecule has 0 radical (unpaired) electrons. The highest BCUT2D eigenvalue weighted by Crippen LogP contribution is 2.38. The van der Waals surface area contributed by atoms with Crippen molar-refractivity contribution in [2.75, 3.05) is 78.8 Å². The van der Waals surface area contributed by atoms with Crippen molar-refractivity contribution in [2.45, 2.75) is 95.4 Å². The van der Waals surface area contributed by atoms with E-state index in [1.165, 1.54) is 16.7 Å². The van der Waals surface area contributed by atoms with Gasteiger partial charge in [-0.25, -0.2) is 19.9 Å². The molecule has 0 aliphatic carbocycles. The summed E-state index contributed by atoms with van der Waals surface area (Å²) in [5, 5.41) is 3.16. The first-order valence-electron chi connectivity index (χ1n) is 36.1. The normalized spacial score (nSPS) is 20.2. The zero-order valence-electron chi connectivity index (χ0n) is 58.9. The number of carbonyl (C=O) groups is 5. The summed E-state index contributed by atoms with van der Waals surface area (Å²) in [6.07, 6.45) is 13.9. The number of hydrogen-bond donors (Lipinski definition) is 5. The van der Waals surface area contributed by atoms with Crippen molar-refractivity contribution in [3.63, 3.8) is 0 Å². The van der Waals surface area contributed by atoms with Crippen LogP contribution in [0.3, 0.4) is 0 Å². The Morgan fingerprint density at radius 3 is 0.857 bits per heavy atom. The number of piperidine rings is 4. The monoisotopic (exact) mass is 1430 g/mol. The van der Waals surface area contributed by atoms with Crippen LogP contribution in [-0.2, 0) is 38.8 Å². The summed E-state index contributed by atoms with van der Waals surface area (Å²) in [6.45, 7) is 11.9. The summed E-state index contributed by atoms with van der Waals surface area (Å²) in [5.74, 6) is 4.49. The van der Waals surface area contributed by atoms with E-state index in [0.29, 0.717) is 78.5 Å². The minimum absolute atomic E-state index is 0. The number of aldehydes is 1. The number of rotatable bonds is 15. The highest BCUT2D eigenvalue weighted by atomic mass is 16.6. The first kappa shape index (κ1) is 74.0. The van der Waals surface area contributed by atoms with Crippen LogP contribution in [0.25, 0.3) is 0 Å². The van der Waals surface area contributed by atoms with E-state index in [1.807, 2.05) is 54.6 Å². The van der Waals surface area contributed by atoms with Crippen molar-refractivity contribution in [3.8, 4) is 46.5 Å². The van der Waals surface area contributed by atoms with Gasteiger partial charge in [-0.05, 0) is 191 Å². The van der Waals surface area contributed by atoms with Gasteiger partial charge in [0, 0.05) is 75.1 Å². The number of nitrogens with zero attached hydrogens (tertiary/aromatic N) is 7. The molecule has 4 amide bonds. The van der Waals surface area contributed by atoms with Gasteiger partial charge in [-0.15, -0.1) is 0 Å². The molecule has 12 heterocycles. The maximum atomic E-state index is 11.3. The fourth-order valence-corrected chi connectivity index (χ4v) is 13.6. The molecule has 0 bridgehead atoms. The smallest absolute Gasteiger partial charge is 0.257 e. The standard InChI is InChI=1S/3C20H23N3O3.C14H11NO3.C6H12N2O.H2/c3*21-19(24)16-7-10-23(11-8-16)12-14-3-5-15(6-4-14)18-13-25-17-2-1-9-22-20(17)26-18;16-8-10-3-5-11(6-4-10)13-9-17-12-2-1-7-15-14(12)18-13;7-6(9)5-1-3-8-4-2-5;/h3*1-6,9,16,18H,7-8,10-13H2,(H2,21,24);1-8,13H,9H2;5,8H,1-4H2,(H2,7,9);1H/t2*18-;;;;/m10..../s1/i;;;;;1+1. The van der Waals surface area contributed by atoms with Crippen LogP contribution < -0.4 is 66.1 Å². The lowest BCUT2D eigenvalue weighted by Gasteiger charge is -2.30. The van der Waals surface area contributed by atoms with E-state index in [4.69, 9.17) is 60.8 Å². The SMILES string of the molecule is NC(=O)C1CCN(Cc2ccc(C3COc4cccnc4O3)cc2)CC1.NC(=O)C1CCN(Cc2ccc([C@@H]3COc4cccnc4O3)cc2)CC1.NC(=O)C1CCN(Cc2ccc([C@H]3COc4cccnc4O3)cc2)CC1.NC(=O)C1CCNCC1.O=Cc1ccc(C2COc3cccnc3O2)cc1.[2HH]. The lowest BCUT2D eigenvalue weighted by molar-refractivity contribution is -0.124. The Hall–Kier alpha value is -10.7. The van der Waals surface area contributed by atoms with Gasteiger partial charge in [0.25, 0.3) is 23.5 Å². The zero-order chi connectivity index (χ0) is 72.9. The Labute approximate surface area is 612 Å². The van der Waals surface area contributed by atoms with Crippen LogP contribution in [-0.4, -0.2) is 143 Å². The number of nitrogens with two attached hydrogens (primary N) is 4. The molecule has 0 spiro atoms. The average molecular weight is 1430 g/mol. The van der Waals surface area contributed by atoms with Crippen LogP contribution in [0.15, 0.2) is 170 Å². The van der Waals surface area contributed by atoms with Crippen LogP contribution in [0.1, 0.15) is 127 Å². The number of likely N-dealkylation sites (tertiary alicyclic amines) is 3. The number of hydrogen-bond acceptors (Lipinski definition) is 21. The minimum atomic E-state index is -0.187. The third-order valence-corrected chi connectivity index (χ3v) is 20.0. The highest BCUT2D eigenvalue weighted by molar-refractivity contribution is 5.78. The Morgan fingerprint density at radius 2 is 0.619 bits per heavy atom. The summed E-state index contributed by atoms with van der Waals surface area (Å²) in [5.41, 5.74) is 29.9. The largest absolute Gasteiger partial charge is 0.484 e. The van der Waals surface area contributed by atoms with Crippen LogP contribution >= 0.6 is 0 Å². The van der Waals surface area contributed by atoms with Crippen LogP contribution in [0.4, 0.5) is 0 Å². The summed E-state index contributed by atoms with van der Waals surface area (Å²) in [4.78, 5) is 78.8. The number of carbonyl (C=O) groups excluding carboxylic acids is 5. The van der Waals surface area contributed by atoms with Gasteiger partial charge in [-0.2, -0.15) is 0 Å². The summed E-state index contributed by atoms with van der Waals surface area (Å²) >= 11 is 0. The number of pyridine rings is 4. The van der Waals surface area contributed by atoms with Gasteiger partial charge in [0.15, 0.2) is 47.4 Å². The third kappa shape index (κ3) is 20.8. The molecule has 8 aromatic rings. The molecule has 9 N–H and O–H groups in total. The van der Waals surface area contributed by atoms with Gasteiger partial charge in [-0.1, -0.05) is 97.1 Å². The molecule has 16 rings (SSSR count). The first-order chi connectivity index (χ1) is 51.2. The van der Waals surface area contributed by atoms with Gasteiger partial charge in [-0.3, -0.25) is 38.7 Å². The lowest BCUT2D eigenvalue weighted by atomic mass is 9.96. The Bertz CT molecular complexity index is 3840. The number of fused-ring (bicyclic) bond motifs is 4. The molecule has 4 fully saturated rings. The molecule has 25 heteroatoms. The van der Waals surface area contributed by atoms with Crippen molar-refractivity contribution >= 4 is 29.9 Å². The average Bonchev–Trinajstić information content (AvgIpc) is 0.833. The molecule has 4 saturated heterocycles. The Morgan fingerprint density at radius 1 is 0.371 bits per heavy atom. The minimum Gasteiger partial charge on any atom is -0.484 e. The van der Waals surface area contributed by atoms with E-state index in [0.717, 1.165) is 152 Å². The van der Waals surface area contributed by atoms with E-state index in [-0.39, 0.29) is 73.1 Å². The molecule has 0 saturated carbocycles. The number of amides is 4. The molecule has 105 heavy (non-hydrogen) atoms. The summed E-state index contributed by atoms with van der Waals surface area (Å²) in [7, 11) is 0. The van der Waals surface area contributed by atoms with E-state index in [1.54, 1.807) is 43.0 Å². The maximum absolute atomic E-state index is 11.3. The second-order valence-corrected chi connectivity index (χ2v) is 27.2. The van der Waals surface area contributed by atoms with Gasteiger partial charge >= 0.3 is 0 Å². The van der Waals surface area contributed by atoms with Crippen LogP contribution in [0.5, 0.6) is 46.5 Å². The van der Waals surface area contributed by atoms with Crippen molar-refractivity contribution in [2.24, 2.45) is 46.6 Å². The molecule has 4 aromatic heterocycles. The molecule has 552 valence electrons. The van der Waals surface area contributed by atoms with Crippen LogP contribution in [0.2, 0.25) is 0 Å². The fourth-order valence-electron chi connectivity index (χ4n) is 13.6. The van der Waals surface area contributed by atoms with E-state index < -0.39 is 0 Å². The molecule has 25 nitrogen and oxygen atoms in total.